The van der Waals surface area contributed by atoms with Gasteiger partial charge in [-0.25, -0.2) is 4.79 Å². The summed E-state index contributed by atoms with van der Waals surface area (Å²) in [6, 6.07) is -0.288. The molecule has 1 heterocycles. The molecular formula is C20H26CoN2O2-. The average Bonchev–Trinajstić information content (AvgIpc) is 3.16. The zero-order valence-corrected chi connectivity index (χ0v) is 16.1. The van der Waals surface area contributed by atoms with Crippen molar-refractivity contribution in [1.29, 1.82) is 0 Å². The van der Waals surface area contributed by atoms with Gasteiger partial charge in [-0.05, 0) is 36.8 Å². The summed E-state index contributed by atoms with van der Waals surface area (Å²) in [5.41, 5.74) is 2.67. The van der Waals surface area contributed by atoms with Crippen LogP contribution >= 0.6 is 0 Å². The molecule has 2 atom stereocenters. The van der Waals surface area contributed by atoms with Crippen molar-refractivity contribution in [2.45, 2.75) is 31.7 Å². The Labute approximate surface area is 161 Å². The van der Waals surface area contributed by atoms with E-state index in [-0.39, 0.29) is 48.1 Å². The number of nitrogens with zero attached hydrogens (tertiary/aromatic N) is 2. The van der Waals surface area contributed by atoms with Gasteiger partial charge >= 0.3 is 6.03 Å². The summed E-state index contributed by atoms with van der Waals surface area (Å²) in [5.74, 6) is -0.258. The maximum atomic E-state index is 12.2. The number of carbonyl (C=O) groups is 2. The summed E-state index contributed by atoms with van der Waals surface area (Å²) in [6.07, 6.45) is 18.8. The standard InChI is InChI=1S/C14H18N2O2.C5H5.CH3.Co/c1-15-12-8-10-6-4-3-5-9(10)7-11(12)13(17)16(2)14(15)18;1-2-4-5-3-1;;/h7-8,11-12H,3-6H2,1-2H3;1-5H;1H3;/q;;-1;/t11-,12+;;;/m0.../s1. The van der Waals surface area contributed by atoms with Crippen LogP contribution in [0.1, 0.15) is 25.7 Å². The van der Waals surface area contributed by atoms with Gasteiger partial charge in [-0.2, -0.15) is 0 Å². The van der Waals surface area contributed by atoms with Gasteiger partial charge in [-0.15, -0.1) is 0 Å². The zero-order chi connectivity index (χ0) is 16.4. The average molecular weight is 385 g/mol. The first-order chi connectivity index (χ1) is 11.1. The van der Waals surface area contributed by atoms with Crippen LogP contribution in [0.2, 0.25) is 0 Å². The van der Waals surface area contributed by atoms with Gasteiger partial charge in [0.05, 0.1) is 12.0 Å². The Balaban J connectivity index is 0.000000388. The topological polar surface area (TPSA) is 40.6 Å². The van der Waals surface area contributed by atoms with E-state index in [9.17, 15) is 9.59 Å². The van der Waals surface area contributed by atoms with E-state index in [4.69, 9.17) is 0 Å². The van der Waals surface area contributed by atoms with Crippen molar-refractivity contribution in [2.75, 3.05) is 14.1 Å². The van der Waals surface area contributed by atoms with Crippen LogP contribution in [0, 0.1) is 19.8 Å². The third kappa shape index (κ3) is 4.33. The fraction of sp³-hybridized carbons (Fsp3) is 0.400. The van der Waals surface area contributed by atoms with E-state index in [1.54, 1.807) is 19.0 Å². The van der Waals surface area contributed by atoms with Crippen LogP contribution in [0.4, 0.5) is 4.79 Å². The van der Waals surface area contributed by atoms with E-state index in [1.807, 2.05) is 30.7 Å². The van der Waals surface area contributed by atoms with E-state index in [0.717, 1.165) is 12.8 Å². The number of urea groups is 1. The molecule has 3 amide bonds. The minimum absolute atomic E-state index is 0. The van der Waals surface area contributed by atoms with Gasteiger partial charge in [0, 0.05) is 37.3 Å². The summed E-state index contributed by atoms with van der Waals surface area (Å²) in [4.78, 5) is 27.0. The molecule has 1 aliphatic heterocycles. The van der Waals surface area contributed by atoms with Crippen LogP contribution in [-0.2, 0) is 21.6 Å². The summed E-state index contributed by atoms with van der Waals surface area (Å²) in [7, 11) is 3.34. The second-order valence-electron chi connectivity index (χ2n) is 6.36. The smallest absolute Gasteiger partial charge is 0.326 e. The van der Waals surface area contributed by atoms with Crippen LogP contribution in [0.25, 0.3) is 0 Å². The largest absolute Gasteiger partial charge is 0.358 e. The third-order valence-corrected chi connectivity index (χ3v) is 4.88. The first kappa shape index (κ1) is 21.4. The molecule has 0 spiro atoms. The van der Waals surface area contributed by atoms with Crippen LogP contribution in [0.3, 0.4) is 0 Å². The molecule has 0 aromatic rings. The van der Waals surface area contributed by atoms with Crippen molar-refractivity contribution in [3.8, 4) is 0 Å². The molecule has 0 N–H and O–H groups in total. The van der Waals surface area contributed by atoms with Gasteiger partial charge in [0.15, 0.2) is 0 Å². The first-order valence-corrected chi connectivity index (χ1v) is 8.22. The Morgan fingerprint density at radius 2 is 1.48 bits per heavy atom. The molecule has 1 saturated heterocycles. The van der Waals surface area contributed by atoms with Crippen molar-refractivity contribution < 1.29 is 26.4 Å². The monoisotopic (exact) mass is 385 g/mol. The molecule has 5 heteroatoms. The maximum Gasteiger partial charge on any atom is 0.326 e. The van der Waals surface area contributed by atoms with Crippen LogP contribution < -0.4 is 0 Å². The second kappa shape index (κ2) is 9.20. The van der Waals surface area contributed by atoms with Gasteiger partial charge in [0.1, 0.15) is 0 Å². The summed E-state index contributed by atoms with van der Waals surface area (Å²) >= 11 is 0. The van der Waals surface area contributed by atoms with E-state index in [2.05, 4.69) is 12.2 Å². The Hall–Kier alpha value is -1.59. The molecule has 4 rings (SSSR count). The van der Waals surface area contributed by atoms with Crippen molar-refractivity contribution in [2.24, 2.45) is 5.92 Å². The minimum atomic E-state index is -0.203. The molecule has 0 aromatic heterocycles. The van der Waals surface area contributed by atoms with E-state index < -0.39 is 0 Å². The Morgan fingerprint density at radius 1 is 0.920 bits per heavy atom. The van der Waals surface area contributed by atoms with E-state index in [0.29, 0.717) is 0 Å². The molecule has 4 nitrogen and oxygen atoms in total. The zero-order valence-electron chi connectivity index (χ0n) is 15.1. The number of hydrogen-bond donors (Lipinski definition) is 0. The van der Waals surface area contributed by atoms with E-state index in [1.165, 1.54) is 28.9 Å². The maximum absolute atomic E-state index is 12.2. The number of amides is 3. The predicted molar refractivity (Wildman–Crippen MR) is 96.8 cm³/mol. The number of carbonyl (C=O) groups excluding carboxylic acids is 2. The quantitative estimate of drug-likeness (QED) is 0.597. The van der Waals surface area contributed by atoms with Crippen molar-refractivity contribution in [1.82, 2.24) is 9.80 Å². The second-order valence-corrected chi connectivity index (χ2v) is 6.36. The number of hydrogen-bond acceptors (Lipinski definition) is 2. The van der Waals surface area contributed by atoms with Gasteiger partial charge in [0.25, 0.3) is 0 Å². The molecule has 138 valence electrons. The summed E-state index contributed by atoms with van der Waals surface area (Å²) in [5, 5.41) is 0. The third-order valence-electron chi connectivity index (χ3n) is 4.88. The van der Waals surface area contributed by atoms with Crippen molar-refractivity contribution in [3.05, 3.63) is 61.4 Å². The molecule has 3 aliphatic carbocycles. The van der Waals surface area contributed by atoms with Crippen LogP contribution in [-0.4, -0.2) is 41.9 Å². The number of allylic oxidation sites excluding steroid dienone is 6. The number of imide groups is 1. The van der Waals surface area contributed by atoms with Gasteiger partial charge < -0.3 is 12.3 Å². The molecule has 1 saturated carbocycles. The van der Waals surface area contributed by atoms with Gasteiger partial charge in [-0.3, -0.25) is 9.69 Å². The normalized spacial score (nSPS) is 26.3. The molecular weight excluding hydrogens is 359 g/mol. The minimum Gasteiger partial charge on any atom is -0.358 e. The number of likely N-dealkylation sites (N-methyl/N-ethyl adjacent to an activating group) is 1. The molecule has 0 bridgehead atoms. The molecule has 0 unspecified atom stereocenters. The fourth-order valence-corrected chi connectivity index (χ4v) is 3.53. The summed E-state index contributed by atoms with van der Waals surface area (Å²) < 4.78 is 0. The van der Waals surface area contributed by atoms with Crippen molar-refractivity contribution >= 4 is 11.9 Å². The predicted octanol–water partition coefficient (Wildman–Crippen LogP) is 3.70. The molecule has 0 aromatic carbocycles. The van der Waals surface area contributed by atoms with Crippen molar-refractivity contribution in [3.63, 3.8) is 0 Å². The number of rotatable bonds is 0. The molecule has 2 radical (unpaired) electrons. The molecule has 2 fully saturated rings. The van der Waals surface area contributed by atoms with Crippen LogP contribution in [0.5, 0.6) is 0 Å². The first-order valence-electron chi connectivity index (χ1n) is 8.22. The fourth-order valence-electron chi connectivity index (χ4n) is 3.53. The Bertz CT molecular complexity index is 624. The number of fused-ring (bicyclic) bond motifs is 2. The van der Waals surface area contributed by atoms with Gasteiger partial charge in [-0.1, -0.05) is 36.5 Å². The molecule has 25 heavy (non-hydrogen) atoms. The Kier molecular flexibility index (Phi) is 7.89. The SMILES string of the molecule is CN1C(=O)[C@H]2C=C3CCCCC3=C[C@H]2N(C)C1=O.[CH3-].[CH]1C=CC=C1.[Co]. The Morgan fingerprint density at radius 3 is 2.00 bits per heavy atom. The molecule has 4 aliphatic rings. The van der Waals surface area contributed by atoms with E-state index >= 15 is 0 Å². The van der Waals surface area contributed by atoms with Crippen LogP contribution in [0.15, 0.2) is 47.6 Å². The van der Waals surface area contributed by atoms with Gasteiger partial charge in [0.2, 0.25) is 5.91 Å². The summed E-state index contributed by atoms with van der Waals surface area (Å²) in [6.45, 7) is 0.